The highest BCUT2D eigenvalue weighted by Gasteiger charge is 2.16. The summed E-state index contributed by atoms with van der Waals surface area (Å²) in [5.41, 5.74) is 6.36. The molecule has 0 aliphatic carbocycles. The van der Waals surface area contributed by atoms with Crippen LogP contribution in [0.15, 0.2) is 18.2 Å². The lowest BCUT2D eigenvalue weighted by Gasteiger charge is -2.13. The molecule has 0 aromatic heterocycles. The summed E-state index contributed by atoms with van der Waals surface area (Å²) >= 11 is 0. The molecule has 0 bridgehead atoms. The van der Waals surface area contributed by atoms with Gasteiger partial charge in [0.05, 0.1) is 25.9 Å². The molecule has 0 atom stereocenters. The maximum absolute atomic E-state index is 5.72. The Morgan fingerprint density at radius 3 is 2.94 bits per heavy atom. The van der Waals surface area contributed by atoms with Crippen molar-refractivity contribution < 1.29 is 14.2 Å². The van der Waals surface area contributed by atoms with Crippen LogP contribution in [0.25, 0.3) is 6.08 Å². The third-order valence-corrected chi connectivity index (χ3v) is 2.55. The van der Waals surface area contributed by atoms with Crippen molar-refractivity contribution in [2.45, 2.75) is 6.42 Å². The summed E-state index contributed by atoms with van der Waals surface area (Å²) in [5, 5.41) is 0. The fraction of sp³-hybridized carbons (Fsp3) is 0.385. The molecule has 1 heterocycles. The van der Waals surface area contributed by atoms with E-state index in [0.717, 1.165) is 29.2 Å². The van der Waals surface area contributed by atoms with Crippen LogP contribution in [-0.2, 0) is 0 Å². The quantitative estimate of drug-likeness (QED) is 0.868. The number of ether oxygens (including phenoxy) is 3. The van der Waals surface area contributed by atoms with E-state index in [-0.39, 0.29) is 0 Å². The molecule has 0 fully saturated rings. The van der Waals surface area contributed by atoms with E-state index in [2.05, 4.69) is 0 Å². The highest BCUT2D eigenvalue weighted by Crippen LogP contribution is 2.39. The van der Waals surface area contributed by atoms with Gasteiger partial charge in [0, 0.05) is 13.0 Å². The molecule has 2 rings (SSSR count). The minimum atomic E-state index is 0.480. The minimum absolute atomic E-state index is 0.480. The number of hydrogen-bond donors (Lipinski definition) is 1. The molecule has 4 heteroatoms. The molecule has 1 aromatic carbocycles. The smallest absolute Gasteiger partial charge is 0.172 e. The van der Waals surface area contributed by atoms with E-state index in [1.54, 1.807) is 7.11 Å². The van der Waals surface area contributed by atoms with Gasteiger partial charge in [-0.1, -0.05) is 12.2 Å². The first-order valence-electron chi connectivity index (χ1n) is 5.70. The van der Waals surface area contributed by atoms with Crippen LogP contribution in [0.2, 0.25) is 0 Å². The van der Waals surface area contributed by atoms with Crippen LogP contribution in [0.3, 0.4) is 0 Å². The van der Waals surface area contributed by atoms with E-state index >= 15 is 0 Å². The van der Waals surface area contributed by atoms with Crippen LogP contribution in [0.4, 0.5) is 0 Å². The first-order valence-corrected chi connectivity index (χ1v) is 5.70. The number of rotatable bonds is 3. The third kappa shape index (κ3) is 2.53. The maximum Gasteiger partial charge on any atom is 0.172 e. The average molecular weight is 235 g/mol. The number of hydrogen-bond acceptors (Lipinski definition) is 4. The molecule has 0 saturated heterocycles. The van der Waals surface area contributed by atoms with Crippen LogP contribution < -0.4 is 19.9 Å². The van der Waals surface area contributed by atoms with E-state index in [1.165, 1.54) is 0 Å². The van der Waals surface area contributed by atoms with Crippen molar-refractivity contribution in [1.29, 1.82) is 0 Å². The highest BCUT2D eigenvalue weighted by atomic mass is 16.5. The molecule has 1 aliphatic rings. The van der Waals surface area contributed by atoms with Crippen LogP contribution in [0.5, 0.6) is 17.2 Å². The molecule has 0 spiro atoms. The third-order valence-electron chi connectivity index (χ3n) is 2.55. The van der Waals surface area contributed by atoms with Gasteiger partial charge in [0.15, 0.2) is 11.5 Å². The molecular weight excluding hydrogens is 218 g/mol. The van der Waals surface area contributed by atoms with Gasteiger partial charge in [-0.05, 0) is 12.1 Å². The van der Waals surface area contributed by atoms with Crippen molar-refractivity contribution in [1.82, 2.24) is 0 Å². The molecule has 0 unspecified atom stereocenters. The number of fused-ring (bicyclic) bond motifs is 1. The summed E-state index contributed by atoms with van der Waals surface area (Å²) in [5.74, 6) is 2.27. The van der Waals surface area contributed by atoms with Gasteiger partial charge in [0.2, 0.25) is 0 Å². The Kier molecular flexibility index (Phi) is 3.88. The van der Waals surface area contributed by atoms with Crippen molar-refractivity contribution in [3.63, 3.8) is 0 Å². The molecule has 1 aromatic rings. The lowest BCUT2D eigenvalue weighted by atomic mass is 10.1. The van der Waals surface area contributed by atoms with Crippen LogP contribution in [-0.4, -0.2) is 26.9 Å². The standard InChI is InChI=1S/C13H17NO3/c1-15-11-5-6-12-13(10(11)4-2-7-14)17-9-3-8-16-12/h2,4-6H,3,7-9,14H2,1H3/b4-2+. The normalized spacial score (nSPS) is 14.7. The molecule has 92 valence electrons. The summed E-state index contributed by atoms with van der Waals surface area (Å²) in [7, 11) is 1.64. The lowest BCUT2D eigenvalue weighted by molar-refractivity contribution is 0.296. The molecule has 1 aliphatic heterocycles. The van der Waals surface area contributed by atoms with Gasteiger partial charge in [-0.25, -0.2) is 0 Å². The zero-order valence-electron chi connectivity index (χ0n) is 9.94. The molecule has 0 saturated carbocycles. The average Bonchev–Trinajstić information content (AvgIpc) is 2.60. The molecule has 4 nitrogen and oxygen atoms in total. The molecule has 0 radical (unpaired) electrons. The molecule has 0 amide bonds. The van der Waals surface area contributed by atoms with Crippen molar-refractivity contribution >= 4 is 6.08 Å². The Labute approximate surface area is 101 Å². The van der Waals surface area contributed by atoms with Gasteiger partial charge in [0.25, 0.3) is 0 Å². The monoisotopic (exact) mass is 235 g/mol. The molecule has 17 heavy (non-hydrogen) atoms. The summed E-state index contributed by atoms with van der Waals surface area (Å²) in [6.45, 7) is 1.82. The summed E-state index contributed by atoms with van der Waals surface area (Å²) in [4.78, 5) is 0. The van der Waals surface area contributed by atoms with E-state index in [9.17, 15) is 0 Å². The number of methoxy groups -OCH3 is 1. The largest absolute Gasteiger partial charge is 0.496 e. The Bertz CT molecular complexity index is 415. The summed E-state index contributed by atoms with van der Waals surface area (Å²) in [6, 6.07) is 3.75. The van der Waals surface area contributed by atoms with E-state index < -0.39 is 0 Å². The second-order valence-electron chi connectivity index (χ2n) is 3.70. The first kappa shape index (κ1) is 11.8. The van der Waals surface area contributed by atoms with Gasteiger partial charge < -0.3 is 19.9 Å². The summed E-state index contributed by atoms with van der Waals surface area (Å²) < 4.78 is 16.7. The number of benzene rings is 1. The Hall–Kier alpha value is -1.68. The second kappa shape index (κ2) is 5.59. The van der Waals surface area contributed by atoms with E-state index in [1.807, 2.05) is 24.3 Å². The van der Waals surface area contributed by atoms with Crippen molar-refractivity contribution in [2.75, 3.05) is 26.9 Å². The Morgan fingerprint density at radius 2 is 2.18 bits per heavy atom. The van der Waals surface area contributed by atoms with Gasteiger partial charge in [-0.3, -0.25) is 0 Å². The van der Waals surface area contributed by atoms with Gasteiger partial charge in [-0.2, -0.15) is 0 Å². The Balaban J connectivity index is 2.46. The molecular formula is C13H17NO3. The SMILES string of the molecule is COc1ccc2c(c1/C=C/CN)OCCCO2. The van der Waals surface area contributed by atoms with Gasteiger partial charge in [0.1, 0.15) is 5.75 Å². The Morgan fingerprint density at radius 1 is 1.35 bits per heavy atom. The number of nitrogens with two attached hydrogens (primary N) is 1. The summed E-state index contributed by atoms with van der Waals surface area (Å²) in [6.07, 6.45) is 4.66. The molecule has 2 N–H and O–H groups in total. The van der Waals surface area contributed by atoms with Crippen molar-refractivity contribution in [3.8, 4) is 17.2 Å². The van der Waals surface area contributed by atoms with Crippen LogP contribution >= 0.6 is 0 Å². The maximum atomic E-state index is 5.72. The predicted octanol–water partition coefficient (Wildman–Crippen LogP) is 1.83. The van der Waals surface area contributed by atoms with Gasteiger partial charge in [-0.15, -0.1) is 0 Å². The van der Waals surface area contributed by atoms with Crippen molar-refractivity contribution in [2.24, 2.45) is 5.73 Å². The van der Waals surface area contributed by atoms with E-state index in [4.69, 9.17) is 19.9 Å². The second-order valence-corrected chi connectivity index (χ2v) is 3.70. The lowest BCUT2D eigenvalue weighted by Crippen LogP contribution is -1.99. The fourth-order valence-corrected chi connectivity index (χ4v) is 1.76. The highest BCUT2D eigenvalue weighted by molar-refractivity contribution is 5.68. The van der Waals surface area contributed by atoms with E-state index in [0.29, 0.717) is 19.8 Å². The zero-order chi connectivity index (χ0) is 12.1. The predicted molar refractivity (Wildman–Crippen MR) is 66.7 cm³/mol. The van der Waals surface area contributed by atoms with Gasteiger partial charge >= 0.3 is 0 Å². The van der Waals surface area contributed by atoms with Crippen LogP contribution in [0.1, 0.15) is 12.0 Å². The first-order chi connectivity index (χ1) is 8.36. The minimum Gasteiger partial charge on any atom is -0.496 e. The van der Waals surface area contributed by atoms with Crippen LogP contribution in [0, 0.1) is 0 Å². The van der Waals surface area contributed by atoms with Crippen molar-refractivity contribution in [3.05, 3.63) is 23.8 Å². The zero-order valence-corrected chi connectivity index (χ0v) is 9.94. The topological polar surface area (TPSA) is 53.7 Å². The fourth-order valence-electron chi connectivity index (χ4n) is 1.76.